The van der Waals surface area contributed by atoms with Crippen molar-refractivity contribution in [3.05, 3.63) is 81.8 Å². The lowest BCUT2D eigenvalue weighted by Gasteiger charge is -2.22. The van der Waals surface area contributed by atoms with E-state index in [9.17, 15) is 13.6 Å². The molecule has 2 aliphatic rings. The van der Waals surface area contributed by atoms with Crippen LogP contribution in [0, 0.1) is 18.6 Å². The van der Waals surface area contributed by atoms with E-state index in [2.05, 4.69) is 10.1 Å². The maximum atomic E-state index is 14.9. The van der Waals surface area contributed by atoms with Crippen molar-refractivity contribution in [1.29, 1.82) is 0 Å². The van der Waals surface area contributed by atoms with Crippen LogP contribution in [-0.4, -0.2) is 30.9 Å². The average molecular weight is 475 g/mol. The van der Waals surface area contributed by atoms with Crippen LogP contribution in [0.15, 0.2) is 47.5 Å². The molecule has 3 aromatic heterocycles. The molecule has 0 amide bonds. The van der Waals surface area contributed by atoms with Gasteiger partial charge in [0.1, 0.15) is 23.6 Å². The Morgan fingerprint density at radius 3 is 2.71 bits per heavy atom. The predicted octanol–water partition coefficient (Wildman–Crippen LogP) is 4.66. The average Bonchev–Trinajstić information content (AvgIpc) is 3.58. The second-order valence-electron chi connectivity index (χ2n) is 9.12. The van der Waals surface area contributed by atoms with Crippen LogP contribution in [0.5, 0.6) is 0 Å². The maximum Gasteiger partial charge on any atom is 0.263 e. The van der Waals surface area contributed by atoms with Gasteiger partial charge in [-0.25, -0.2) is 18.7 Å². The van der Waals surface area contributed by atoms with Gasteiger partial charge in [0.25, 0.3) is 5.56 Å². The third-order valence-electron chi connectivity index (χ3n) is 6.71. The number of ether oxygens (including phenoxy) is 1. The molecule has 4 heterocycles. The van der Waals surface area contributed by atoms with Crippen molar-refractivity contribution in [3.63, 3.8) is 0 Å². The molecule has 1 fully saturated rings. The molecule has 0 saturated heterocycles. The van der Waals surface area contributed by atoms with E-state index in [4.69, 9.17) is 9.72 Å². The fraction of sp³-hybridized carbons (Fsp3) is 0.308. The molecule has 9 heteroatoms. The zero-order valence-electron chi connectivity index (χ0n) is 19.3. The summed E-state index contributed by atoms with van der Waals surface area (Å²) in [7, 11) is 1.61. The molecule has 0 spiro atoms. The van der Waals surface area contributed by atoms with Gasteiger partial charge in [0.15, 0.2) is 5.65 Å². The highest BCUT2D eigenvalue weighted by molar-refractivity contribution is 5.94. The van der Waals surface area contributed by atoms with Gasteiger partial charge in [-0.15, -0.1) is 0 Å². The van der Waals surface area contributed by atoms with Crippen molar-refractivity contribution in [2.75, 3.05) is 6.61 Å². The molecule has 0 radical (unpaired) electrons. The van der Waals surface area contributed by atoms with Crippen LogP contribution in [0.4, 0.5) is 8.78 Å². The number of nitrogens with zero attached hydrogens (tertiary/aromatic N) is 5. The fourth-order valence-electron chi connectivity index (χ4n) is 4.51. The van der Waals surface area contributed by atoms with Crippen LogP contribution < -0.4 is 5.56 Å². The maximum absolute atomic E-state index is 14.9. The second kappa shape index (κ2) is 8.20. The number of fused-ring (bicyclic) bond motifs is 1. The van der Waals surface area contributed by atoms with E-state index in [1.807, 2.05) is 23.2 Å². The summed E-state index contributed by atoms with van der Waals surface area (Å²) in [4.78, 5) is 22.4. The summed E-state index contributed by atoms with van der Waals surface area (Å²) in [5, 5.41) is 4.66. The summed E-state index contributed by atoms with van der Waals surface area (Å²) in [5.41, 5.74) is 2.80. The van der Waals surface area contributed by atoms with Crippen LogP contribution in [0.2, 0.25) is 0 Å². The van der Waals surface area contributed by atoms with Gasteiger partial charge in [-0.1, -0.05) is 0 Å². The number of benzene rings is 1. The lowest BCUT2D eigenvalue weighted by molar-refractivity contribution is 0.0826. The lowest BCUT2D eigenvalue weighted by atomic mass is 9.96. The monoisotopic (exact) mass is 475 g/mol. The van der Waals surface area contributed by atoms with Gasteiger partial charge in [-0.3, -0.25) is 14.0 Å². The standard InChI is InChI=1S/C26H23F2N5O2/c1-14-30-25-24(26(34)32(14)2)20(19-6-3-17(27)10-21(19)28)11-22(31-25)15-7-8-35-23(9-15)16-12-29-33(13-16)18-4-5-18/h3,6,9-13,18,23H,4-5,7-8H2,1-2H3. The van der Waals surface area contributed by atoms with E-state index in [1.54, 1.807) is 20.0 Å². The van der Waals surface area contributed by atoms with Gasteiger partial charge in [0.05, 0.1) is 29.9 Å². The minimum atomic E-state index is -0.752. The molecule has 1 aromatic carbocycles. The molecule has 178 valence electrons. The molecule has 1 atom stereocenters. The van der Waals surface area contributed by atoms with Crippen LogP contribution >= 0.6 is 0 Å². The van der Waals surface area contributed by atoms with Crippen molar-refractivity contribution >= 4 is 16.6 Å². The molecule has 1 aliphatic heterocycles. The van der Waals surface area contributed by atoms with E-state index in [0.29, 0.717) is 36.2 Å². The van der Waals surface area contributed by atoms with E-state index < -0.39 is 11.6 Å². The zero-order valence-corrected chi connectivity index (χ0v) is 19.3. The Balaban J connectivity index is 1.52. The quantitative estimate of drug-likeness (QED) is 0.429. The van der Waals surface area contributed by atoms with E-state index >= 15 is 0 Å². The Morgan fingerprint density at radius 2 is 1.94 bits per heavy atom. The normalized spacial score (nSPS) is 18.2. The van der Waals surface area contributed by atoms with Crippen LogP contribution in [0.1, 0.15) is 48.5 Å². The second-order valence-corrected chi connectivity index (χ2v) is 9.12. The number of hydrogen-bond donors (Lipinski definition) is 0. The van der Waals surface area contributed by atoms with Gasteiger partial charge in [-0.05, 0) is 56.0 Å². The first-order valence-corrected chi connectivity index (χ1v) is 11.6. The Hall–Kier alpha value is -3.72. The van der Waals surface area contributed by atoms with Crippen LogP contribution in [-0.2, 0) is 11.8 Å². The smallest absolute Gasteiger partial charge is 0.263 e. The van der Waals surface area contributed by atoms with Crippen LogP contribution in [0.3, 0.4) is 0 Å². The van der Waals surface area contributed by atoms with Crippen molar-refractivity contribution < 1.29 is 13.5 Å². The Labute approximate surface area is 199 Å². The highest BCUT2D eigenvalue weighted by Gasteiger charge is 2.27. The fourth-order valence-corrected chi connectivity index (χ4v) is 4.51. The number of halogens is 2. The summed E-state index contributed by atoms with van der Waals surface area (Å²) in [5.74, 6) is -0.949. The number of hydrogen-bond acceptors (Lipinski definition) is 5. The summed E-state index contributed by atoms with van der Waals surface area (Å²) in [6, 6.07) is 5.50. The zero-order chi connectivity index (χ0) is 24.3. The summed E-state index contributed by atoms with van der Waals surface area (Å²) in [6.45, 7) is 2.20. The summed E-state index contributed by atoms with van der Waals surface area (Å²) in [6.07, 6.45) is 8.43. The largest absolute Gasteiger partial charge is 0.369 e. The minimum absolute atomic E-state index is 0.123. The van der Waals surface area contributed by atoms with Crippen LogP contribution in [0.25, 0.3) is 27.7 Å². The molecule has 1 unspecified atom stereocenters. The molecule has 1 saturated carbocycles. The molecule has 4 aromatic rings. The van der Waals surface area contributed by atoms with Crippen molar-refractivity contribution in [1.82, 2.24) is 24.3 Å². The van der Waals surface area contributed by atoms with Gasteiger partial charge in [0.2, 0.25) is 0 Å². The molecule has 7 nitrogen and oxygen atoms in total. The molecule has 6 rings (SSSR count). The Bertz CT molecular complexity index is 1570. The number of pyridine rings is 1. The first-order valence-electron chi connectivity index (χ1n) is 11.6. The molecular weight excluding hydrogens is 452 g/mol. The Kier molecular flexibility index (Phi) is 5.10. The van der Waals surface area contributed by atoms with Gasteiger partial charge >= 0.3 is 0 Å². The van der Waals surface area contributed by atoms with E-state index in [0.717, 1.165) is 30.0 Å². The van der Waals surface area contributed by atoms with Gasteiger partial charge < -0.3 is 4.74 Å². The number of rotatable bonds is 4. The highest BCUT2D eigenvalue weighted by atomic mass is 19.1. The van der Waals surface area contributed by atoms with Gasteiger partial charge in [-0.2, -0.15) is 5.10 Å². The van der Waals surface area contributed by atoms with E-state index in [-0.39, 0.29) is 28.3 Å². The number of aromatic nitrogens is 5. The topological polar surface area (TPSA) is 74.8 Å². The molecule has 0 N–H and O–H groups in total. The summed E-state index contributed by atoms with van der Waals surface area (Å²) < 4.78 is 37.9. The lowest BCUT2D eigenvalue weighted by Crippen LogP contribution is -2.22. The molecule has 35 heavy (non-hydrogen) atoms. The summed E-state index contributed by atoms with van der Waals surface area (Å²) >= 11 is 0. The van der Waals surface area contributed by atoms with Crippen molar-refractivity contribution in [2.24, 2.45) is 7.05 Å². The van der Waals surface area contributed by atoms with Crippen molar-refractivity contribution in [2.45, 2.75) is 38.3 Å². The molecular formula is C26H23F2N5O2. The van der Waals surface area contributed by atoms with Gasteiger partial charge in [0, 0.05) is 36.0 Å². The predicted molar refractivity (Wildman–Crippen MR) is 127 cm³/mol. The first-order chi connectivity index (χ1) is 16.9. The van der Waals surface area contributed by atoms with Crippen molar-refractivity contribution in [3.8, 4) is 11.1 Å². The SMILES string of the molecule is Cc1nc2nc(C3=CC(c4cnn(C5CC5)c4)OCC3)cc(-c3ccc(F)cc3F)c2c(=O)n1C. The third-order valence-corrected chi connectivity index (χ3v) is 6.71. The third kappa shape index (κ3) is 3.85. The highest BCUT2D eigenvalue weighted by Crippen LogP contribution is 2.37. The number of aryl methyl sites for hydroxylation is 1. The first kappa shape index (κ1) is 21.8. The minimum Gasteiger partial charge on any atom is -0.369 e. The van der Waals surface area contributed by atoms with E-state index in [1.165, 1.54) is 16.7 Å². The molecule has 0 bridgehead atoms. The molecule has 1 aliphatic carbocycles. The Morgan fingerprint density at radius 1 is 1.11 bits per heavy atom.